The molecule has 1 fully saturated rings. The molecule has 1 aliphatic rings. The quantitative estimate of drug-likeness (QED) is 0.759. The van der Waals surface area contributed by atoms with Crippen LogP contribution >= 0.6 is 0 Å². The SMILES string of the molecule is C[C@@H]1CC[C@@H](OC(=O)NC(C)(C(F)(F)F)C(F)(F)F)C[C@@H]1C. The van der Waals surface area contributed by atoms with Crippen molar-refractivity contribution in [3.8, 4) is 0 Å². The predicted octanol–water partition coefficient (Wildman–Crippen LogP) is 4.42. The highest BCUT2D eigenvalue weighted by molar-refractivity contribution is 5.68. The molecular formula is C13H19F6NO2. The summed E-state index contributed by atoms with van der Waals surface area (Å²) in [5, 5.41) is 0.935. The monoisotopic (exact) mass is 335 g/mol. The van der Waals surface area contributed by atoms with Crippen molar-refractivity contribution in [1.29, 1.82) is 0 Å². The maximum Gasteiger partial charge on any atom is 0.420 e. The molecule has 3 nitrogen and oxygen atoms in total. The number of halogens is 6. The first kappa shape index (κ1) is 18.9. The van der Waals surface area contributed by atoms with E-state index in [-0.39, 0.29) is 12.8 Å². The Balaban J connectivity index is 2.74. The van der Waals surface area contributed by atoms with Crippen molar-refractivity contribution in [2.45, 2.75) is 64.0 Å². The molecule has 1 N–H and O–H groups in total. The van der Waals surface area contributed by atoms with Gasteiger partial charge in [0, 0.05) is 0 Å². The number of ether oxygens (including phenoxy) is 1. The average molecular weight is 335 g/mol. The van der Waals surface area contributed by atoms with E-state index in [9.17, 15) is 31.1 Å². The highest BCUT2D eigenvalue weighted by Gasteiger charge is 2.69. The van der Waals surface area contributed by atoms with Crippen LogP contribution in [0.4, 0.5) is 31.1 Å². The third-order valence-electron chi connectivity index (χ3n) is 4.31. The Morgan fingerprint density at radius 1 is 1.00 bits per heavy atom. The van der Waals surface area contributed by atoms with Crippen molar-refractivity contribution >= 4 is 6.09 Å². The lowest BCUT2D eigenvalue weighted by Gasteiger charge is -2.36. The number of rotatable bonds is 2. The second-order valence-electron chi connectivity index (χ2n) is 6.04. The summed E-state index contributed by atoms with van der Waals surface area (Å²) in [5.74, 6) is 0.557. The summed E-state index contributed by atoms with van der Waals surface area (Å²) in [7, 11) is 0. The molecule has 0 unspecified atom stereocenters. The highest BCUT2D eigenvalue weighted by atomic mass is 19.4. The van der Waals surface area contributed by atoms with Gasteiger partial charge in [-0.1, -0.05) is 13.8 Å². The minimum atomic E-state index is -5.68. The maximum atomic E-state index is 12.7. The van der Waals surface area contributed by atoms with Crippen molar-refractivity contribution < 1.29 is 35.9 Å². The fourth-order valence-electron chi connectivity index (χ4n) is 2.29. The molecule has 0 bridgehead atoms. The predicted molar refractivity (Wildman–Crippen MR) is 66.1 cm³/mol. The van der Waals surface area contributed by atoms with Gasteiger partial charge in [-0.2, -0.15) is 26.3 Å². The molecule has 0 aliphatic heterocycles. The van der Waals surface area contributed by atoms with E-state index in [4.69, 9.17) is 4.74 Å². The smallest absolute Gasteiger partial charge is 0.420 e. The van der Waals surface area contributed by atoms with E-state index < -0.39 is 30.1 Å². The molecule has 22 heavy (non-hydrogen) atoms. The molecule has 0 aromatic carbocycles. The number of alkyl halides is 6. The first-order chi connectivity index (χ1) is 9.78. The lowest BCUT2D eigenvalue weighted by Crippen LogP contribution is -2.65. The average Bonchev–Trinajstić information content (AvgIpc) is 2.30. The Morgan fingerprint density at radius 3 is 1.91 bits per heavy atom. The molecule has 9 heteroatoms. The molecule has 0 saturated heterocycles. The fourth-order valence-corrected chi connectivity index (χ4v) is 2.29. The molecule has 3 atom stereocenters. The largest absolute Gasteiger partial charge is 0.446 e. The van der Waals surface area contributed by atoms with Gasteiger partial charge in [0.05, 0.1) is 0 Å². The summed E-state index contributed by atoms with van der Waals surface area (Å²) in [6, 6.07) is 0. The Labute approximate surface area is 124 Å². The lowest BCUT2D eigenvalue weighted by atomic mass is 9.80. The van der Waals surface area contributed by atoms with Crippen LogP contribution in [-0.4, -0.2) is 30.1 Å². The Kier molecular flexibility index (Phi) is 5.29. The van der Waals surface area contributed by atoms with Gasteiger partial charge in [-0.25, -0.2) is 4.79 Å². The van der Waals surface area contributed by atoms with Crippen LogP contribution < -0.4 is 5.32 Å². The van der Waals surface area contributed by atoms with Crippen molar-refractivity contribution in [3.63, 3.8) is 0 Å². The van der Waals surface area contributed by atoms with Crippen LogP contribution in [0, 0.1) is 11.8 Å². The van der Waals surface area contributed by atoms with Gasteiger partial charge in [-0.05, 0) is 38.0 Å². The van der Waals surface area contributed by atoms with Crippen LogP contribution in [0.3, 0.4) is 0 Å². The number of carbonyl (C=O) groups excluding carboxylic acids is 1. The van der Waals surface area contributed by atoms with E-state index in [1.165, 1.54) is 0 Å². The molecule has 0 radical (unpaired) electrons. The normalized spacial score (nSPS) is 27.4. The molecule has 1 rings (SSSR count). The molecular weight excluding hydrogens is 316 g/mol. The van der Waals surface area contributed by atoms with Gasteiger partial charge >= 0.3 is 18.4 Å². The van der Waals surface area contributed by atoms with Crippen molar-refractivity contribution in [2.24, 2.45) is 11.8 Å². The van der Waals surface area contributed by atoms with E-state index in [2.05, 4.69) is 0 Å². The summed E-state index contributed by atoms with van der Waals surface area (Å²) in [5.41, 5.74) is -4.34. The van der Waals surface area contributed by atoms with Crippen LogP contribution in [0.15, 0.2) is 0 Å². The zero-order valence-electron chi connectivity index (χ0n) is 12.4. The maximum absolute atomic E-state index is 12.7. The number of hydrogen-bond donors (Lipinski definition) is 1. The second kappa shape index (κ2) is 6.16. The lowest BCUT2D eigenvalue weighted by molar-refractivity contribution is -0.299. The van der Waals surface area contributed by atoms with Crippen molar-refractivity contribution in [2.75, 3.05) is 0 Å². The topological polar surface area (TPSA) is 38.3 Å². The third-order valence-corrected chi connectivity index (χ3v) is 4.31. The van der Waals surface area contributed by atoms with Crippen LogP contribution in [0.2, 0.25) is 0 Å². The molecule has 0 aromatic heterocycles. The summed E-state index contributed by atoms with van der Waals surface area (Å²) in [6.45, 7) is 3.76. The molecule has 0 heterocycles. The van der Waals surface area contributed by atoms with E-state index in [0.717, 1.165) is 5.32 Å². The molecule has 1 amide bonds. The molecule has 1 aliphatic carbocycles. The summed E-state index contributed by atoms with van der Waals surface area (Å²) < 4.78 is 80.7. The third kappa shape index (κ3) is 3.98. The van der Waals surface area contributed by atoms with Gasteiger partial charge in [0.1, 0.15) is 6.10 Å². The van der Waals surface area contributed by atoms with Crippen LogP contribution in [0.5, 0.6) is 0 Å². The summed E-state index contributed by atoms with van der Waals surface area (Å²) in [4.78, 5) is 11.5. The van der Waals surface area contributed by atoms with E-state index in [0.29, 0.717) is 25.2 Å². The standard InChI is InChI=1S/C13H19F6NO2/c1-7-4-5-9(6-8(7)2)22-10(21)20-11(3,12(14,15)16)13(17,18)19/h7-9H,4-6H2,1-3H3,(H,20,21)/t7-,8+,9-/m1/s1. The number of carbonyl (C=O) groups is 1. The van der Waals surface area contributed by atoms with Gasteiger partial charge < -0.3 is 4.74 Å². The minimum absolute atomic E-state index is 0.125. The molecule has 1 saturated carbocycles. The number of amides is 1. The molecule has 130 valence electrons. The zero-order chi connectivity index (χ0) is 17.3. The van der Waals surface area contributed by atoms with E-state index in [1.807, 2.05) is 13.8 Å². The highest BCUT2D eigenvalue weighted by Crippen LogP contribution is 2.42. The van der Waals surface area contributed by atoms with Crippen LogP contribution in [-0.2, 0) is 4.74 Å². The minimum Gasteiger partial charge on any atom is -0.446 e. The first-order valence-electron chi connectivity index (χ1n) is 6.90. The van der Waals surface area contributed by atoms with E-state index in [1.54, 1.807) is 0 Å². The van der Waals surface area contributed by atoms with E-state index >= 15 is 0 Å². The van der Waals surface area contributed by atoms with Gasteiger partial charge in [0.25, 0.3) is 0 Å². The zero-order valence-corrected chi connectivity index (χ0v) is 12.4. The Morgan fingerprint density at radius 2 is 1.50 bits per heavy atom. The van der Waals surface area contributed by atoms with Gasteiger partial charge in [0.2, 0.25) is 5.54 Å². The summed E-state index contributed by atoms with van der Waals surface area (Å²) >= 11 is 0. The fraction of sp³-hybridized carbons (Fsp3) is 0.923. The second-order valence-corrected chi connectivity index (χ2v) is 6.04. The number of nitrogens with one attached hydrogen (secondary N) is 1. The molecule has 0 spiro atoms. The summed E-state index contributed by atoms with van der Waals surface area (Å²) in [6.07, 6.45) is -12.2. The Hall–Kier alpha value is -1.15. The van der Waals surface area contributed by atoms with Crippen molar-refractivity contribution in [1.82, 2.24) is 5.32 Å². The van der Waals surface area contributed by atoms with Crippen LogP contribution in [0.25, 0.3) is 0 Å². The van der Waals surface area contributed by atoms with Gasteiger partial charge in [-0.15, -0.1) is 0 Å². The van der Waals surface area contributed by atoms with Gasteiger partial charge in [-0.3, -0.25) is 5.32 Å². The van der Waals surface area contributed by atoms with Crippen LogP contribution in [0.1, 0.15) is 40.0 Å². The first-order valence-corrected chi connectivity index (χ1v) is 6.90. The number of hydrogen-bond acceptors (Lipinski definition) is 2. The molecule has 0 aromatic rings. The van der Waals surface area contributed by atoms with Gasteiger partial charge in [0.15, 0.2) is 0 Å². The Bertz CT molecular complexity index is 392. The van der Waals surface area contributed by atoms with Crippen molar-refractivity contribution in [3.05, 3.63) is 0 Å². The number of alkyl carbamates (subject to hydrolysis) is 1.